The Balaban J connectivity index is 1.66. The number of hydrogen-bond donors (Lipinski definition) is 4. The lowest BCUT2D eigenvalue weighted by atomic mass is 10.1. The van der Waals surface area contributed by atoms with Crippen molar-refractivity contribution in [1.29, 1.82) is 0 Å². The van der Waals surface area contributed by atoms with Crippen molar-refractivity contribution in [2.75, 3.05) is 13.3 Å². The molecule has 39 heavy (non-hydrogen) atoms. The van der Waals surface area contributed by atoms with Crippen LogP contribution < -0.4 is 16.0 Å². The maximum absolute atomic E-state index is 12.9. The van der Waals surface area contributed by atoms with Crippen LogP contribution in [0.1, 0.15) is 42.9 Å². The SMILES string of the molecule is CC(=O)OCOC(=O)[C@H](CNC(=O)c1cccs1)NC(=O)c1ccc(C(=O)NCc2cccc(O)c2)cc1Cl. The zero-order valence-corrected chi connectivity index (χ0v) is 22.1. The van der Waals surface area contributed by atoms with Crippen LogP contribution in [0.5, 0.6) is 5.75 Å². The minimum atomic E-state index is -1.35. The number of carbonyl (C=O) groups is 5. The quantitative estimate of drug-likeness (QED) is 0.201. The van der Waals surface area contributed by atoms with Crippen LogP contribution in [0.2, 0.25) is 5.02 Å². The molecule has 0 aliphatic heterocycles. The lowest BCUT2D eigenvalue weighted by Crippen LogP contribution is -2.49. The number of amides is 3. The Morgan fingerprint density at radius 2 is 1.74 bits per heavy atom. The van der Waals surface area contributed by atoms with E-state index in [2.05, 4.69) is 20.7 Å². The summed E-state index contributed by atoms with van der Waals surface area (Å²) >= 11 is 7.46. The second-order valence-electron chi connectivity index (χ2n) is 7.98. The molecule has 0 aliphatic carbocycles. The monoisotopic (exact) mass is 573 g/mol. The molecule has 11 nitrogen and oxygen atoms in total. The van der Waals surface area contributed by atoms with Crippen LogP contribution in [0.4, 0.5) is 0 Å². The van der Waals surface area contributed by atoms with E-state index in [1.807, 2.05) is 0 Å². The summed E-state index contributed by atoms with van der Waals surface area (Å²) in [5, 5.41) is 18.9. The predicted octanol–water partition coefficient (Wildman–Crippen LogP) is 2.63. The van der Waals surface area contributed by atoms with E-state index in [-0.39, 0.29) is 35.0 Å². The zero-order chi connectivity index (χ0) is 28.4. The third kappa shape index (κ3) is 8.83. The van der Waals surface area contributed by atoms with Crippen molar-refractivity contribution in [2.24, 2.45) is 0 Å². The molecule has 0 saturated heterocycles. The highest BCUT2D eigenvalue weighted by molar-refractivity contribution is 7.12. The van der Waals surface area contributed by atoms with Crippen molar-refractivity contribution >= 4 is 52.6 Å². The lowest BCUT2D eigenvalue weighted by Gasteiger charge is -2.18. The Hall–Kier alpha value is -4.42. The molecular weight excluding hydrogens is 550 g/mol. The molecule has 1 atom stereocenters. The standard InChI is InChI=1S/C26H24ClN3O8S/c1-15(31)37-14-38-26(36)21(13-29-25(35)22-6-3-9-39-22)30-24(34)19-8-7-17(11-20(19)27)23(33)28-12-16-4-2-5-18(32)10-16/h2-11,21,32H,12-14H2,1H3,(H,28,33)(H,29,35)(H,30,34)/t21-/m0/s1. The number of halogens is 1. The van der Waals surface area contributed by atoms with Gasteiger partial charge >= 0.3 is 11.9 Å². The average molecular weight is 574 g/mol. The first-order chi connectivity index (χ1) is 18.6. The number of phenols is 1. The summed E-state index contributed by atoms with van der Waals surface area (Å²) < 4.78 is 9.47. The highest BCUT2D eigenvalue weighted by Gasteiger charge is 2.25. The summed E-state index contributed by atoms with van der Waals surface area (Å²) in [6.07, 6.45) is 0. The minimum Gasteiger partial charge on any atom is -0.508 e. The second-order valence-corrected chi connectivity index (χ2v) is 9.33. The smallest absolute Gasteiger partial charge is 0.333 e. The van der Waals surface area contributed by atoms with E-state index < -0.39 is 42.5 Å². The van der Waals surface area contributed by atoms with Crippen molar-refractivity contribution in [3.8, 4) is 5.75 Å². The van der Waals surface area contributed by atoms with Gasteiger partial charge < -0.3 is 30.5 Å². The fourth-order valence-corrected chi connectivity index (χ4v) is 4.09. The molecular formula is C26H24ClN3O8S. The summed E-state index contributed by atoms with van der Waals surface area (Å²) in [5.74, 6) is -3.26. The molecule has 13 heteroatoms. The van der Waals surface area contributed by atoms with Gasteiger partial charge in [-0.15, -0.1) is 11.3 Å². The summed E-state index contributed by atoms with van der Waals surface area (Å²) in [5.41, 5.74) is 0.823. The van der Waals surface area contributed by atoms with E-state index in [1.54, 1.807) is 29.6 Å². The van der Waals surface area contributed by atoms with Crippen molar-refractivity contribution in [3.63, 3.8) is 0 Å². The van der Waals surface area contributed by atoms with E-state index >= 15 is 0 Å². The highest BCUT2D eigenvalue weighted by atomic mass is 35.5. The first-order valence-corrected chi connectivity index (χ1v) is 12.7. The van der Waals surface area contributed by atoms with Gasteiger partial charge in [0.2, 0.25) is 6.79 Å². The molecule has 1 aromatic heterocycles. The molecule has 0 bridgehead atoms. The predicted molar refractivity (Wildman–Crippen MR) is 141 cm³/mol. The Labute approximate surface area is 232 Å². The van der Waals surface area contributed by atoms with Gasteiger partial charge in [-0.2, -0.15) is 0 Å². The van der Waals surface area contributed by atoms with Gasteiger partial charge in [0.1, 0.15) is 11.8 Å². The van der Waals surface area contributed by atoms with Crippen LogP contribution >= 0.6 is 22.9 Å². The molecule has 2 aromatic carbocycles. The number of aromatic hydroxyl groups is 1. The Morgan fingerprint density at radius 1 is 0.949 bits per heavy atom. The molecule has 0 radical (unpaired) electrons. The van der Waals surface area contributed by atoms with Crippen LogP contribution in [-0.2, 0) is 25.6 Å². The van der Waals surface area contributed by atoms with Crippen molar-refractivity contribution in [2.45, 2.75) is 19.5 Å². The highest BCUT2D eigenvalue weighted by Crippen LogP contribution is 2.19. The molecule has 4 N–H and O–H groups in total. The largest absolute Gasteiger partial charge is 0.508 e. The third-order valence-corrected chi connectivity index (χ3v) is 6.29. The number of rotatable bonds is 11. The Morgan fingerprint density at radius 3 is 2.41 bits per heavy atom. The van der Waals surface area contributed by atoms with Gasteiger partial charge in [-0.3, -0.25) is 19.2 Å². The molecule has 3 aromatic rings. The van der Waals surface area contributed by atoms with Crippen LogP contribution in [0.15, 0.2) is 60.0 Å². The summed E-state index contributed by atoms with van der Waals surface area (Å²) in [7, 11) is 0. The molecule has 3 amide bonds. The zero-order valence-electron chi connectivity index (χ0n) is 20.6. The van der Waals surface area contributed by atoms with Gasteiger partial charge in [0.25, 0.3) is 17.7 Å². The number of carbonyl (C=O) groups excluding carboxylic acids is 5. The minimum absolute atomic E-state index is 0.0384. The molecule has 0 aliphatic rings. The lowest BCUT2D eigenvalue weighted by molar-refractivity contribution is -0.166. The number of nitrogens with one attached hydrogen (secondary N) is 3. The number of esters is 2. The Kier molecular flexibility index (Phi) is 10.4. The van der Waals surface area contributed by atoms with Crippen LogP contribution in [0, 0.1) is 0 Å². The van der Waals surface area contributed by atoms with Crippen LogP contribution in [0.25, 0.3) is 0 Å². The van der Waals surface area contributed by atoms with Gasteiger partial charge in [0.15, 0.2) is 0 Å². The van der Waals surface area contributed by atoms with Gasteiger partial charge in [-0.1, -0.05) is 29.8 Å². The van der Waals surface area contributed by atoms with Gasteiger partial charge in [0.05, 0.1) is 15.5 Å². The maximum Gasteiger partial charge on any atom is 0.333 e. The number of phenolic OH excluding ortho intramolecular Hbond substituents is 1. The molecule has 0 unspecified atom stereocenters. The molecule has 1 heterocycles. The van der Waals surface area contributed by atoms with E-state index in [0.717, 1.165) is 6.92 Å². The molecule has 0 saturated carbocycles. The third-order valence-electron chi connectivity index (χ3n) is 5.10. The number of ether oxygens (including phenoxy) is 2. The van der Waals surface area contributed by atoms with E-state index in [9.17, 15) is 29.1 Å². The summed E-state index contributed by atoms with van der Waals surface area (Å²) in [6.45, 7) is 0.287. The Bertz CT molecular complexity index is 1360. The fourth-order valence-electron chi connectivity index (χ4n) is 3.18. The summed E-state index contributed by atoms with van der Waals surface area (Å²) in [6, 6.07) is 12.3. The van der Waals surface area contributed by atoms with Gasteiger partial charge in [-0.25, -0.2) is 4.79 Å². The maximum atomic E-state index is 12.9. The van der Waals surface area contributed by atoms with Crippen LogP contribution in [0.3, 0.4) is 0 Å². The molecule has 0 fully saturated rings. The van der Waals surface area contributed by atoms with Crippen LogP contribution in [-0.4, -0.2) is 54.1 Å². The van der Waals surface area contributed by atoms with Crippen molar-refractivity contribution in [3.05, 3.63) is 86.6 Å². The van der Waals surface area contributed by atoms with Gasteiger partial charge in [-0.05, 0) is 47.3 Å². The van der Waals surface area contributed by atoms with Crippen molar-refractivity contribution in [1.82, 2.24) is 16.0 Å². The first-order valence-electron chi connectivity index (χ1n) is 11.4. The molecule has 204 valence electrons. The summed E-state index contributed by atoms with van der Waals surface area (Å²) in [4.78, 5) is 61.7. The average Bonchev–Trinajstić information content (AvgIpc) is 3.44. The van der Waals surface area contributed by atoms with E-state index in [1.165, 1.54) is 41.7 Å². The number of hydrogen-bond acceptors (Lipinski definition) is 9. The molecule has 0 spiro atoms. The normalized spacial score (nSPS) is 11.1. The second kappa shape index (κ2) is 13.9. The topological polar surface area (TPSA) is 160 Å². The fraction of sp³-hybridized carbons (Fsp3) is 0.192. The molecule has 3 rings (SSSR count). The van der Waals surface area contributed by atoms with E-state index in [0.29, 0.717) is 10.4 Å². The van der Waals surface area contributed by atoms with Crippen molar-refractivity contribution < 1.29 is 38.6 Å². The van der Waals surface area contributed by atoms with Gasteiger partial charge in [0, 0.05) is 25.6 Å². The first kappa shape index (κ1) is 29.1. The number of thiophene rings is 1. The number of benzene rings is 2. The van der Waals surface area contributed by atoms with E-state index in [4.69, 9.17) is 16.3 Å².